The number of hydrogen-bond acceptors (Lipinski definition) is 3. The van der Waals surface area contributed by atoms with E-state index in [1.165, 1.54) is 0 Å². The first-order chi connectivity index (χ1) is 7.87. The van der Waals surface area contributed by atoms with Crippen LogP contribution in [0.4, 0.5) is 0 Å². The minimum absolute atomic E-state index is 0.0162. The van der Waals surface area contributed by atoms with Gasteiger partial charge in [-0.05, 0) is 20.0 Å². The van der Waals surface area contributed by atoms with E-state index in [1.807, 2.05) is 14.1 Å². The van der Waals surface area contributed by atoms with Crippen molar-refractivity contribution < 1.29 is 8.42 Å². The third-order valence-electron chi connectivity index (χ3n) is 3.11. The standard InChI is InChI=1S/C11H25ClN2O2S/c1-5-10(6-2)11(14(3)4)9-13-17(15,16)8-7-12/h10-11,13H,5-9H2,1-4H3. The molecule has 17 heavy (non-hydrogen) atoms. The van der Waals surface area contributed by atoms with E-state index in [-0.39, 0.29) is 17.7 Å². The van der Waals surface area contributed by atoms with Crippen LogP contribution in [0.1, 0.15) is 26.7 Å². The minimum Gasteiger partial charge on any atom is -0.305 e. The fourth-order valence-electron chi connectivity index (χ4n) is 1.99. The van der Waals surface area contributed by atoms with E-state index < -0.39 is 10.0 Å². The molecule has 0 aliphatic carbocycles. The largest absolute Gasteiger partial charge is 0.305 e. The van der Waals surface area contributed by atoms with Gasteiger partial charge in [-0.25, -0.2) is 13.1 Å². The molecule has 0 amide bonds. The topological polar surface area (TPSA) is 49.4 Å². The SMILES string of the molecule is CCC(CC)C(CNS(=O)(=O)CCCl)N(C)C. The lowest BCUT2D eigenvalue weighted by atomic mass is 9.93. The summed E-state index contributed by atoms with van der Waals surface area (Å²) in [7, 11) is 0.751. The molecule has 1 unspecified atom stereocenters. The Kier molecular flexibility index (Phi) is 8.37. The number of rotatable bonds is 9. The van der Waals surface area contributed by atoms with E-state index in [9.17, 15) is 8.42 Å². The lowest BCUT2D eigenvalue weighted by Crippen LogP contribution is -2.45. The van der Waals surface area contributed by atoms with Crippen LogP contribution in [0.15, 0.2) is 0 Å². The summed E-state index contributed by atoms with van der Waals surface area (Å²) in [4.78, 5) is 2.08. The van der Waals surface area contributed by atoms with Crippen molar-refractivity contribution >= 4 is 21.6 Å². The van der Waals surface area contributed by atoms with Crippen molar-refractivity contribution in [3.63, 3.8) is 0 Å². The molecule has 0 saturated carbocycles. The monoisotopic (exact) mass is 284 g/mol. The second-order valence-corrected chi connectivity index (χ2v) is 6.77. The van der Waals surface area contributed by atoms with Gasteiger partial charge >= 0.3 is 0 Å². The smallest absolute Gasteiger partial charge is 0.212 e. The number of nitrogens with zero attached hydrogens (tertiary/aromatic N) is 1. The van der Waals surface area contributed by atoms with Gasteiger partial charge in [-0.15, -0.1) is 11.6 Å². The Morgan fingerprint density at radius 2 is 1.76 bits per heavy atom. The van der Waals surface area contributed by atoms with Crippen LogP contribution in [0.25, 0.3) is 0 Å². The quantitative estimate of drug-likeness (QED) is 0.653. The van der Waals surface area contributed by atoms with Crippen LogP contribution in [0.2, 0.25) is 0 Å². The molecule has 0 spiro atoms. The average molecular weight is 285 g/mol. The molecule has 1 N–H and O–H groups in total. The highest BCUT2D eigenvalue weighted by atomic mass is 35.5. The van der Waals surface area contributed by atoms with Crippen molar-refractivity contribution in [2.45, 2.75) is 32.7 Å². The molecule has 0 aliphatic heterocycles. The summed E-state index contributed by atoms with van der Waals surface area (Å²) < 4.78 is 25.7. The number of hydrogen-bond donors (Lipinski definition) is 1. The predicted octanol–water partition coefficient (Wildman–Crippen LogP) is 1.51. The van der Waals surface area contributed by atoms with Crippen LogP contribution >= 0.6 is 11.6 Å². The van der Waals surface area contributed by atoms with Gasteiger partial charge in [0.05, 0.1) is 5.75 Å². The molecule has 6 heteroatoms. The average Bonchev–Trinajstić information content (AvgIpc) is 2.23. The second-order valence-electron chi connectivity index (χ2n) is 4.46. The number of sulfonamides is 1. The fraction of sp³-hybridized carbons (Fsp3) is 1.00. The molecule has 0 heterocycles. The Morgan fingerprint density at radius 3 is 2.12 bits per heavy atom. The van der Waals surface area contributed by atoms with Gasteiger partial charge in [0, 0.05) is 18.5 Å². The summed E-state index contributed by atoms with van der Waals surface area (Å²) in [5.74, 6) is 0.619. The van der Waals surface area contributed by atoms with E-state index in [0.29, 0.717) is 12.5 Å². The van der Waals surface area contributed by atoms with Crippen LogP contribution in [-0.2, 0) is 10.0 Å². The third kappa shape index (κ3) is 6.60. The van der Waals surface area contributed by atoms with E-state index in [0.717, 1.165) is 12.8 Å². The molecule has 0 radical (unpaired) electrons. The second kappa shape index (κ2) is 8.29. The molecule has 0 aromatic rings. The Morgan fingerprint density at radius 1 is 1.24 bits per heavy atom. The Labute approximate surface area is 111 Å². The molecular weight excluding hydrogens is 260 g/mol. The van der Waals surface area contributed by atoms with Crippen molar-refractivity contribution in [3.8, 4) is 0 Å². The highest BCUT2D eigenvalue weighted by molar-refractivity contribution is 7.89. The minimum atomic E-state index is -3.22. The molecule has 0 saturated heterocycles. The van der Waals surface area contributed by atoms with Gasteiger partial charge in [0.1, 0.15) is 0 Å². The Balaban J connectivity index is 4.47. The van der Waals surface area contributed by atoms with Crippen LogP contribution < -0.4 is 4.72 Å². The van der Waals surface area contributed by atoms with Crippen LogP contribution in [0.5, 0.6) is 0 Å². The number of halogens is 1. The first-order valence-corrected chi connectivity index (χ1v) is 8.26. The molecule has 0 aromatic carbocycles. The van der Waals surface area contributed by atoms with Crippen molar-refractivity contribution in [2.75, 3.05) is 32.3 Å². The summed E-state index contributed by atoms with van der Waals surface area (Å²) in [6.07, 6.45) is 2.10. The lowest BCUT2D eigenvalue weighted by molar-refractivity contribution is 0.201. The maximum Gasteiger partial charge on any atom is 0.212 e. The third-order valence-corrected chi connectivity index (χ3v) is 4.88. The first kappa shape index (κ1) is 17.2. The maximum atomic E-state index is 11.5. The normalized spacial score (nSPS) is 14.5. The summed E-state index contributed by atoms with van der Waals surface area (Å²) in [5.41, 5.74) is 0. The van der Waals surface area contributed by atoms with E-state index >= 15 is 0 Å². The molecule has 0 bridgehead atoms. The summed E-state index contributed by atoms with van der Waals surface area (Å²) in [5, 5.41) is 0. The molecular formula is C11H25ClN2O2S. The maximum absolute atomic E-state index is 11.5. The molecule has 1 atom stereocenters. The summed E-state index contributed by atoms with van der Waals surface area (Å²) in [6.45, 7) is 4.73. The summed E-state index contributed by atoms with van der Waals surface area (Å²) in [6, 6.07) is 0.232. The van der Waals surface area contributed by atoms with Crippen molar-refractivity contribution in [1.29, 1.82) is 0 Å². The Hall–Kier alpha value is 0.160. The van der Waals surface area contributed by atoms with Gasteiger partial charge in [-0.3, -0.25) is 0 Å². The number of likely N-dealkylation sites (N-methyl/N-ethyl adjacent to an activating group) is 1. The first-order valence-electron chi connectivity index (χ1n) is 6.07. The Bertz CT molecular complexity index is 290. The van der Waals surface area contributed by atoms with Crippen molar-refractivity contribution in [2.24, 2.45) is 5.92 Å². The fourth-order valence-corrected chi connectivity index (χ4v) is 3.37. The van der Waals surface area contributed by atoms with E-state index in [2.05, 4.69) is 23.5 Å². The van der Waals surface area contributed by atoms with E-state index in [4.69, 9.17) is 11.6 Å². The van der Waals surface area contributed by atoms with Gasteiger partial charge in [-0.2, -0.15) is 0 Å². The van der Waals surface area contributed by atoms with Crippen molar-refractivity contribution in [1.82, 2.24) is 9.62 Å². The molecule has 0 aromatic heterocycles. The molecule has 104 valence electrons. The predicted molar refractivity (Wildman–Crippen MR) is 74.1 cm³/mol. The molecule has 0 rings (SSSR count). The van der Waals surface area contributed by atoms with Gasteiger partial charge in [0.15, 0.2) is 0 Å². The molecule has 0 fully saturated rings. The van der Waals surface area contributed by atoms with Gasteiger partial charge in [-0.1, -0.05) is 26.7 Å². The highest BCUT2D eigenvalue weighted by Gasteiger charge is 2.22. The van der Waals surface area contributed by atoms with Crippen molar-refractivity contribution in [3.05, 3.63) is 0 Å². The zero-order chi connectivity index (χ0) is 13.5. The molecule has 4 nitrogen and oxygen atoms in total. The van der Waals surface area contributed by atoms with Gasteiger partial charge in [0.2, 0.25) is 10.0 Å². The summed E-state index contributed by atoms with van der Waals surface area (Å²) >= 11 is 5.45. The number of alkyl halides is 1. The lowest BCUT2D eigenvalue weighted by Gasteiger charge is -2.31. The number of nitrogens with one attached hydrogen (secondary N) is 1. The zero-order valence-corrected chi connectivity index (χ0v) is 12.8. The van der Waals surface area contributed by atoms with Gasteiger partial charge < -0.3 is 4.90 Å². The van der Waals surface area contributed by atoms with Crippen LogP contribution in [0.3, 0.4) is 0 Å². The molecule has 0 aliphatic rings. The highest BCUT2D eigenvalue weighted by Crippen LogP contribution is 2.16. The van der Waals surface area contributed by atoms with Crippen LogP contribution in [-0.4, -0.2) is 51.6 Å². The van der Waals surface area contributed by atoms with Crippen LogP contribution in [0, 0.1) is 5.92 Å². The zero-order valence-electron chi connectivity index (χ0n) is 11.2. The van der Waals surface area contributed by atoms with Gasteiger partial charge in [0.25, 0.3) is 0 Å². The van der Waals surface area contributed by atoms with E-state index in [1.54, 1.807) is 0 Å².